The van der Waals surface area contributed by atoms with Gasteiger partial charge >= 0.3 is 0 Å². The van der Waals surface area contributed by atoms with Gasteiger partial charge < -0.3 is 15.4 Å². The molecule has 3 aromatic rings. The Hall–Kier alpha value is -3.15. The third-order valence-corrected chi connectivity index (χ3v) is 4.32. The second-order valence-corrected chi connectivity index (χ2v) is 6.55. The van der Waals surface area contributed by atoms with Crippen molar-refractivity contribution in [1.82, 2.24) is 9.97 Å². The minimum absolute atomic E-state index is 0.215. The summed E-state index contributed by atoms with van der Waals surface area (Å²) in [6.45, 7) is 3.39. The highest BCUT2D eigenvalue weighted by molar-refractivity contribution is 5.42. The van der Waals surface area contributed by atoms with E-state index in [2.05, 4.69) is 26.7 Å². The number of rotatable bonds is 9. The highest BCUT2D eigenvalue weighted by atomic mass is 19.1. The molecule has 5 nitrogen and oxygen atoms in total. The average Bonchev–Trinajstić information content (AvgIpc) is 2.69. The fraction of sp³-hybridized carbons (Fsp3) is 0.273. The zero-order chi connectivity index (χ0) is 19.8. The molecule has 0 aliphatic rings. The van der Waals surface area contributed by atoms with Crippen LogP contribution in [0.25, 0.3) is 0 Å². The number of aromatic nitrogens is 2. The predicted molar refractivity (Wildman–Crippen MR) is 111 cm³/mol. The third-order valence-electron chi connectivity index (χ3n) is 4.32. The van der Waals surface area contributed by atoms with Crippen molar-refractivity contribution in [1.29, 1.82) is 0 Å². The van der Waals surface area contributed by atoms with Crippen LogP contribution in [0.2, 0.25) is 0 Å². The van der Waals surface area contributed by atoms with E-state index in [0.717, 1.165) is 42.2 Å². The first-order chi connectivity index (χ1) is 13.6. The number of methoxy groups -OCH3 is 1. The summed E-state index contributed by atoms with van der Waals surface area (Å²) in [5.41, 5.74) is 3.16. The molecule has 0 atom stereocenters. The van der Waals surface area contributed by atoms with Crippen molar-refractivity contribution < 1.29 is 9.13 Å². The van der Waals surface area contributed by atoms with Gasteiger partial charge in [-0.15, -0.1) is 0 Å². The second kappa shape index (κ2) is 9.69. The van der Waals surface area contributed by atoms with Gasteiger partial charge in [-0.25, -0.2) is 9.37 Å². The summed E-state index contributed by atoms with van der Waals surface area (Å²) in [5, 5.41) is 6.59. The minimum atomic E-state index is -0.215. The molecular formula is C22H25FN4O. The molecule has 1 heterocycles. The molecule has 0 amide bonds. The molecule has 3 rings (SSSR count). The Balaban J connectivity index is 1.51. The number of benzene rings is 2. The minimum Gasteiger partial charge on any atom is -0.497 e. The summed E-state index contributed by atoms with van der Waals surface area (Å²) >= 11 is 0. The maximum Gasteiger partial charge on any atom is 0.224 e. The van der Waals surface area contributed by atoms with Gasteiger partial charge in [-0.05, 0) is 55.2 Å². The van der Waals surface area contributed by atoms with Crippen LogP contribution in [0.4, 0.5) is 16.2 Å². The molecule has 0 saturated heterocycles. The number of aryl methyl sites for hydroxylation is 1. The van der Waals surface area contributed by atoms with E-state index >= 15 is 0 Å². The standard InChI is InChI=1S/C22H25FN4O/c1-16-14-21(24-12-10-17-6-8-19(23)9-7-17)27-22(26-16)25-13-11-18-4-3-5-20(15-18)28-2/h3-9,14-15H,10-13H2,1-2H3,(H2,24,25,26,27). The lowest BCUT2D eigenvalue weighted by Gasteiger charge is -2.10. The van der Waals surface area contributed by atoms with Crippen LogP contribution in [-0.4, -0.2) is 30.2 Å². The maximum absolute atomic E-state index is 13.0. The zero-order valence-electron chi connectivity index (χ0n) is 16.2. The molecule has 0 bridgehead atoms. The number of ether oxygens (including phenoxy) is 1. The largest absolute Gasteiger partial charge is 0.497 e. The zero-order valence-corrected chi connectivity index (χ0v) is 16.2. The molecule has 2 N–H and O–H groups in total. The van der Waals surface area contributed by atoms with E-state index in [0.29, 0.717) is 12.5 Å². The van der Waals surface area contributed by atoms with E-state index in [4.69, 9.17) is 4.74 Å². The Morgan fingerprint density at radius 2 is 1.64 bits per heavy atom. The van der Waals surface area contributed by atoms with Gasteiger partial charge in [0.05, 0.1) is 7.11 Å². The van der Waals surface area contributed by atoms with Gasteiger partial charge in [0.15, 0.2) is 0 Å². The molecule has 2 aromatic carbocycles. The summed E-state index contributed by atoms with van der Waals surface area (Å²) in [4.78, 5) is 8.97. The molecule has 0 radical (unpaired) electrons. The predicted octanol–water partition coefficient (Wildman–Crippen LogP) is 4.24. The number of nitrogens with zero attached hydrogens (tertiary/aromatic N) is 2. The molecular weight excluding hydrogens is 355 g/mol. The van der Waals surface area contributed by atoms with Crippen LogP contribution in [0.3, 0.4) is 0 Å². The first-order valence-electron chi connectivity index (χ1n) is 9.33. The summed E-state index contributed by atoms with van der Waals surface area (Å²) in [6.07, 6.45) is 1.64. The van der Waals surface area contributed by atoms with Crippen molar-refractivity contribution in [2.75, 3.05) is 30.8 Å². The first kappa shape index (κ1) is 19.6. The number of halogens is 1. The van der Waals surface area contributed by atoms with Gasteiger partial charge in [0.1, 0.15) is 17.4 Å². The summed E-state index contributed by atoms with van der Waals surface area (Å²) in [5.74, 6) is 2.02. The van der Waals surface area contributed by atoms with Crippen LogP contribution in [0.15, 0.2) is 54.6 Å². The Morgan fingerprint density at radius 3 is 2.43 bits per heavy atom. The van der Waals surface area contributed by atoms with Crippen molar-refractivity contribution in [3.8, 4) is 5.75 Å². The van der Waals surface area contributed by atoms with E-state index in [-0.39, 0.29) is 5.82 Å². The van der Waals surface area contributed by atoms with Gasteiger partial charge in [0.2, 0.25) is 5.95 Å². The van der Waals surface area contributed by atoms with E-state index in [1.807, 2.05) is 31.2 Å². The SMILES string of the molecule is COc1cccc(CCNc2nc(C)cc(NCCc3ccc(F)cc3)n2)c1. The Kier molecular flexibility index (Phi) is 6.78. The van der Waals surface area contributed by atoms with Gasteiger partial charge in [-0.3, -0.25) is 0 Å². The van der Waals surface area contributed by atoms with Crippen molar-refractivity contribution in [2.45, 2.75) is 19.8 Å². The van der Waals surface area contributed by atoms with Crippen molar-refractivity contribution in [3.05, 3.63) is 77.2 Å². The molecule has 0 spiro atoms. The van der Waals surface area contributed by atoms with Gasteiger partial charge in [0.25, 0.3) is 0 Å². The van der Waals surface area contributed by atoms with Crippen LogP contribution < -0.4 is 15.4 Å². The molecule has 0 saturated carbocycles. The summed E-state index contributed by atoms with van der Waals surface area (Å²) in [6, 6.07) is 16.5. The van der Waals surface area contributed by atoms with E-state index in [9.17, 15) is 4.39 Å². The molecule has 28 heavy (non-hydrogen) atoms. The Bertz CT molecular complexity index is 899. The van der Waals surface area contributed by atoms with Crippen molar-refractivity contribution >= 4 is 11.8 Å². The Morgan fingerprint density at radius 1 is 0.893 bits per heavy atom. The van der Waals surface area contributed by atoms with E-state index < -0.39 is 0 Å². The highest BCUT2D eigenvalue weighted by Crippen LogP contribution is 2.14. The van der Waals surface area contributed by atoms with Gasteiger partial charge in [-0.1, -0.05) is 24.3 Å². The maximum atomic E-state index is 13.0. The quantitative estimate of drug-likeness (QED) is 0.581. The third kappa shape index (κ3) is 5.94. The number of nitrogens with one attached hydrogen (secondary N) is 2. The second-order valence-electron chi connectivity index (χ2n) is 6.55. The Labute approximate surface area is 165 Å². The number of hydrogen-bond acceptors (Lipinski definition) is 5. The lowest BCUT2D eigenvalue weighted by Crippen LogP contribution is -2.12. The molecule has 0 aliphatic heterocycles. The monoisotopic (exact) mass is 380 g/mol. The fourth-order valence-corrected chi connectivity index (χ4v) is 2.87. The van der Waals surface area contributed by atoms with E-state index in [1.165, 1.54) is 17.7 Å². The number of anilines is 2. The highest BCUT2D eigenvalue weighted by Gasteiger charge is 2.03. The lowest BCUT2D eigenvalue weighted by atomic mass is 10.1. The molecule has 6 heteroatoms. The van der Waals surface area contributed by atoms with Crippen molar-refractivity contribution in [2.24, 2.45) is 0 Å². The van der Waals surface area contributed by atoms with E-state index in [1.54, 1.807) is 19.2 Å². The number of hydrogen-bond donors (Lipinski definition) is 2. The van der Waals surface area contributed by atoms with Gasteiger partial charge in [0, 0.05) is 24.8 Å². The molecule has 0 unspecified atom stereocenters. The summed E-state index contributed by atoms with van der Waals surface area (Å²) < 4.78 is 18.2. The van der Waals surface area contributed by atoms with Gasteiger partial charge in [-0.2, -0.15) is 4.98 Å². The fourth-order valence-electron chi connectivity index (χ4n) is 2.87. The average molecular weight is 380 g/mol. The first-order valence-corrected chi connectivity index (χ1v) is 9.33. The molecule has 1 aromatic heterocycles. The van der Waals surface area contributed by atoms with Crippen LogP contribution in [0.1, 0.15) is 16.8 Å². The van der Waals surface area contributed by atoms with Crippen LogP contribution in [-0.2, 0) is 12.8 Å². The molecule has 146 valence electrons. The van der Waals surface area contributed by atoms with Crippen molar-refractivity contribution in [3.63, 3.8) is 0 Å². The smallest absolute Gasteiger partial charge is 0.224 e. The normalized spacial score (nSPS) is 10.5. The summed E-state index contributed by atoms with van der Waals surface area (Å²) in [7, 11) is 1.67. The lowest BCUT2D eigenvalue weighted by molar-refractivity contribution is 0.414. The van der Waals surface area contributed by atoms with Crippen LogP contribution in [0, 0.1) is 12.7 Å². The molecule has 0 aliphatic carbocycles. The topological polar surface area (TPSA) is 59.1 Å². The molecule has 0 fully saturated rings. The van der Waals surface area contributed by atoms with Crippen LogP contribution in [0.5, 0.6) is 5.75 Å². The van der Waals surface area contributed by atoms with Crippen LogP contribution >= 0.6 is 0 Å².